The van der Waals surface area contributed by atoms with Gasteiger partial charge >= 0.3 is 5.69 Å². The molecule has 3 N–H and O–H groups in total. The fraction of sp³-hybridized carbons (Fsp3) is 0.583. The first-order chi connectivity index (χ1) is 8.30. The monoisotopic (exact) mass is 252 g/mol. The van der Waals surface area contributed by atoms with Crippen molar-refractivity contribution in [1.82, 2.24) is 4.98 Å². The summed E-state index contributed by atoms with van der Waals surface area (Å²) in [5.74, 6) is 0.498. The van der Waals surface area contributed by atoms with Crippen molar-refractivity contribution in [1.29, 1.82) is 0 Å². The molecule has 0 aliphatic rings. The van der Waals surface area contributed by atoms with Gasteiger partial charge in [-0.1, -0.05) is 13.8 Å². The van der Waals surface area contributed by atoms with Crippen LogP contribution in [0.5, 0.6) is 0 Å². The molecule has 1 atom stereocenters. The Labute approximate surface area is 107 Å². The number of nitrogens with one attached hydrogen (secondary N) is 1. The van der Waals surface area contributed by atoms with Crippen molar-refractivity contribution in [2.24, 2.45) is 11.7 Å². The summed E-state index contributed by atoms with van der Waals surface area (Å²) in [4.78, 5) is 14.7. The van der Waals surface area contributed by atoms with E-state index < -0.39 is 10.5 Å². The van der Waals surface area contributed by atoms with Gasteiger partial charge in [0.15, 0.2) is 0 Å². The third-order valence-electron chi connectivity index (χ3n) is 3.30. The second-order valence-corrected chi connectivity index (χ2v) is 5.04. The van der Waals surface area contributed by atoms with E-state index in [0.717, 1.165) is 5.56 Å². The van der Waals surface area contributed by atoms with Crippen LogP contribution < -0.4 is 11.1 Å². The first kappa shape index (κ1) is 14.4. The van der Waals surface area contributed by atoms with Crippen LogP contribution in [0.25, 0.3) is 0 Å². The number of nitrogens with two attached hydrogens (primary N) is 1. The van der Waals surface area contributed by atoms with Gasteiger partial charge in [0.25, 0.3) is 0 Å². The van der Waals surface area contributed by atoms with Crippen LogP contribution in [0.3, 0.4) is 0 Å². The predicted molar refractivity (Wildman–Crippen MR) is 71.5 cm³/mol. The van der Waals surface area contributed by atoms with Gasteiger partial charge in [-0.3, -0.25) is 10.1 Å². The molecule has 18 heavy (non-hydrogen) atoms. The molecule has 0 amide bonds. The number of anilines is 1. The molecule has 0 spiro atoms. The number of rotatable bonds is 5. The number of hydrogen-bond acceptors (Lipinski definition) is 5. The van der Waals surface area contributed by atoms with Gasteiger partial charge in [-0.15, -0.1) is 0 Å². The Morgan fingerprint density at radius 1 is 1.61 bits per heavy atom. The van der Waals surface area contributed by atoms with Gasteiger partial charge in [0, 0.05) is 18.8 Å². The van der Waals surface area contributed by atoms with Crippen molar-refractivity contribution >= 4 is 11.5 Å². The SMILES string of the molecule is Cc1cnc(NC(C)(CN)C(C)C)c([N+](=O)[O-])c1. The highest BCUT2D eigenvalue weighted by atomic mass is 16.6. The van der Waals surface area contributed by atoms with Gasteiger partial charge < -0.3 is 11.1 Å². The minimum Gasteiger partial charge on any atom is -0.358 e. The Kier molecular flexibility index (Phi) is 4.24. The average molecular weight is 252 g/mol. The van der Waals surface area contributed by atoms with Crippen LogP contribution >= 0.6 is 0 Å². The highest BCUT2D eigenvalue weighted by molar-refractivity contribution is 5.58. The van der Waals surface area contributed by atoms with Gasteiger partial charge in [0.1, 0.15) is 0 Å². The lowest BCUT2D eigenvalue weighted by molar-refractivity contribution is -0.384. The molecule has 0 aliphatic carbocycles. The molecule has 0 bridgehead atoms. The van der Waals surface area contributed by atoms with Gasteiger partial charge in [-0.25, -0.2) is 4.98 Å². The zero-order chi connectivity index (χ0) is 13.9. The van der Waals surface area contributed by atoms with Crippen molar-refractivity contribution in [2.75, 3.05) is 11.9 Å². The van der Waals surface area contributed by atoms with Crippen LogP contribution in [-0.2, 0) is 0 Å². The zero-order valence-electron chi connectivity index (χ0n) is 11.2. The minimum atomic E-state index is -0.431. The van der Waals surface area contributed by atoms with Crippen LogP contribution in [0, 0.1) is 23.0 Å². The summed E-state index contributed by atoms with van der Waals surface area (Å²) >= 11 is 0. The van der Waals surface area contributed by atoms with Crippen molar-refractivity contribution in [2.45, 2.75) is 33.2 Å². The summed E-state index contributed by atoms with van der Waals surface area (Å²) in [6, 6.07) is 1.51. The maximum absolute atomic E-state index is 11.0. The predicted octanol–water partition coefficient (Wildman–Crippen LogP) is 2.08. The van der Waals surface area contributed by atoms with E-state index in [1.165, 1.54) is 6.07 Å². The Bertz CT molecular complexity index is 448. The second kappa shape index (κ2) is 5.30. The number of nitrogens with zero attached hydrogens (tertiary/aromatic N) is 2. The maximum atomic E-state index is 11.0. The summed E-state index contributed by atoms with van der Waals surface area (Å²) in [7, 11) is 0. The Morgan fingerprint density at radius 2 is 2.22 bits per heavy atom. The van der Waals surface area contributed by atoms with Gasteiger partial charge in [-0.2, -0.15) is 0 Å². The van der Waals surface area contributed by atoms with Crippen LogP contribution in [0.1, 0.15) is 26.3 Å². The molecule has 1 heterocycles. The molecule has 0 aromatic carbocycles. The highest BCUT2D eigenvalue weighted by Gasteiger charge is 2.29. The van der Waals surface area contributed by atoms with Crippen LogP contribution in [0.15, 0.2) is 12.3 Å². The summed E-state index contributed by atoms with van der Waals surface area (Å²) in [6.45, 7) is 8.11. The summed E-state index contributed by atoms with van der Waals surface area (Å²) in [5.41, 5.74) is 6.07. The molecule has 0 saturated carbocycles. The van der Waals surface area contributed by atoms with Crippen molar-refractivity contribution in [3.63, 3.8) is 0 Å². The number of aromatic nitrogens is 1. The molecule has 1 rings (SSSR count). The van der Waals surface area contributed by atoms with Crippen LogP contribution in [0.4, 0.5) is 11.5 Å². The lowest BCUT2D eigenvalue weighted by Crippen LogP contribution is -2.47. The normalized spacial score (nSPS) is 14.3. The zero-order valence-corrected chi connectivity index (χ0v) is 11.2. The van der Waals surface area contributed by atoms with Gasteiger partial charge in [-0.05, 0) is 25.3 Å². The second-order valence-electron chi connectivity index (χ2n) is 5.04. The van der Waals surface area contributed by atoms with Crippen LogP contribution in [0.2, 0.25) is 0 Å². The van der Waals surface area contributed by atoms with Gasteiger partial charge in [0.2, 0.25) is 5.82 Å². The molecule has 6 heteroatoms. The van der Waals surface area contributed by atoms with Crippen LogP contribution in [-0.4, -0.2) is 22.0 Å². The molecule has 6 nitrogen and oxygen atoms in total. The summed E-state index contributed by atoms with van der Waals surface area (Å²) < 4.78 is 0. The number of hydrogen-bond donors (Lipinski definition) is 2. The van der Waals surface area contributed by atoms with E-state index >= 15 is 0 Å². The van der Waals surface area contributed by atoms with E-state index in [2.05, 4.69) is 10.3 Å². The lowest BCUT2D eigenvalue weighted by Gasteiger charge is -2.33. The molecule has 0 aliphatic heterocycles. The van der Waals surface area contributed by atoms with Crippen molar-refractivity contribution in [3.8, 4) is 0 Å². The van der Waals surface area contributed by atoms with E-state index in [1.807, 2.05) is 20.8 Å². The van der Waals surface area contributed by atoms with E-state index in [1.54, 1.807) is 13.1 Å². The molecule has 1 unspecified atom stereocenters. The maximum Gasteiger partial charge on any atom is 0.311 e. The molecule has 0 fully saturated rings. The van der Waals surface area contributed by atoms with Crippen molar-refractivity contribution < 1.29 is 4.92 Å². The largest absolute Gasteiger partial charge is 0.358 e. The quantitative estimate of drug-likeness (QED) is 0.618. The average Bonchev–Trinajstić information content (AvgIpc) is 2.30. The standard InChI is InChI=1S/C12H20N4O2/c1-8(2)12(4,7-13)15-11-10(16(17)18)5-9(3)6-14-11/h5-6,8H,7,13H2,1-4H3,(H,14,15). The Morgan fingerprint density at radius 3 is 2.67 bits per heavy atom. The smallest absolute Gasteiger partial charge is 0.311 e. The third-order valence-corrected chi connectivity index (χ3v) is 3.30. The number of nitro groups is 1. The van der Waals surface area contributed by atoms with E-state index in [0.29, 0.717) is 6.54 Å². The molecular formula is C12H20N4O2. The fourth-order valence-corrected chi connectivity index (χ4v) is 1.49. The summed E-state index contributed by atoms with van der Waals surface area (Å²) in [5, 5.41) is 14.1. The van der Waals surface area contributed by atoms with E-state index in [-0.39, 0.29) is 17.4 Å². The molecule has 1 aromatic rings. The molecule has 0 saturated heterocycles. The van der Waals surface area contributed by atoms with Gasteiger partial charge in [0.05, 0.1) is 10.5 Å². The molecule has 1 aromatic heterocycles. The van der Waals surface area contributed by atoms with Crippen molar-refractivity contribution in [3.05, 3.63) is 27.9 Å². The molecular weight excluding hydrogens is 232 g/mol. The Hall–Kier alpha value is -1.69. The summed E-state index contributed by atoms with van der Waals surface area (Å²) in [6.07, 6.45) is 1.60. The first-order valence-electron chi connectivity index (χ1n) is 5.89. The number of aryl methyl sites for hydroxylation is 1. The third kappa shape index (κ3) is 2.95. The highest BCUT2D eigenvalue weighted by Crippen LogP contribution is 2.28. The minimum absolute atomic E-state index is 0.0182. The van der Waals surface area contributed by atoms with E-state index in [9.17, 15) is 10.1 Å². The van der Waals surface area contributed by atoms with E-state index in [4.69, 9.17) is 5.73 Å². The Balaban J connectivity index is 3.14. The lowest BCUT2D eigenvalue weighted by atomic mass is 9.88. The first-order valence-corrected chi connectivity index (χ1v) is 5.89. The topological polar surface area (TPSA) is 94.1 Å². The molecule has 0 radical (unpaired) electrons. The molecule has 100 valence electrons. The number of pyridine rings is 1. The fourth-order valence-electron chi connectivity index (χ4n) is 1.49.